The van der Waals surface area contributed by atoms with E-state index in [1.54, 1.807) is 21.3 Å². The van der Waals surface area contributed by atoms with Crippen LogP contribution in [-0.2, 0) is 21.5 Å². The van der Waals surface area contributed by atoms with E-state index in [1.807, 2.05) is 35.8 Å². The van der Waals surface area contributed by atoms with E-state index in [1.165, 1.54) is 5.56 Å². The van der Waals surface area contributed by atoms with Crippen molar-refractivity contribution in [3.05, 3.63) is 94.5 Å². The normalized spacial score (nSPS) is 12.5. The molecule has 3 aromatic rings. The van der Waals surface area contributed by atoms with Gasteiger partial charge < -0.3 is 18.9 Å². The first-order valence-electron chi connectivity index (χ1n) is 12.1. The van der Waals surface area contributed by atoms with Crippen LogP contribution in [0.1, 0.15) is 47.1 Å². The Hall–Kier alpha value is -3.55. The SMILES string of the molecule is COc1ccc(C(OC)(c2ccc(C)cc2)c2ccc(OC)c(CCCCCOC(=O)NN)c2)cc1. The van der Waals surface area contributed by atoms with Gasteiger partial charge in [-0.15, -0.1) is 0 Å². The van der Waals surface area contributed by atoms with Gasteiger partial charge in [-0.25, -0.2) is 10.6 Å². The number of nitrogens with one attached hydrogen (secondary N) is 1. The van der Waals surface area contributed by atoms with Crippen molar-refractivity contribution in [2.45, 2.75) is 38.2 Å². The summed E-state index contributed by atoms with van der Waals surface area (Å²) in [6.45, 7) is 2.41. The lowest BCUT2D eigenvalue weighted by molar-refractivity contribution is 0.0583. The highest BCUT2D eigenvalue weighted by molar-refractivity contribution is 5.66. The van der Waals surface area contributed by atoms with Crippen LogP contribution < -0.4 is 20.7 Å². The third kappa shape index (κ3) is 6.17. The van der Waals surface area contributed by atoms with E-state index in [2.05, 4.69) is 43.3 Å². The maximum absolute atomic E-state index is 11.1. The molecule has 3 rings (SSSR count). The van der Waals surface area contributed by atoms with Crippen molar-refractivity contribution >= 4 is 6.09 Å². The number of carbonyl (C=O) groups excluding carboxylic acids is 1. The highest BCUT2D eigenvalue weighted by Gasteiger charge is 2.37. The number of nitrogens with two attached hydrogens (primary N) is 1. The molecule has 0 saturated heterocycles. The van der Waals surface area contributed by atoms with E-state index in [-0.39, 0.29) is 0 Å². The van der Waals surface area contributed by atoms with Crippen LogP contribution in [0.2, 0.25) is 0 Å². The van der Waals surface area contributed by atoms with Gasteiger partial charge in [0.1, 0.15) is 17.1 Å². The summed E-state index contributed by atoms with van der Waals surface area (Å²) in [7, 11) is 5.09. The molecule has 36 heavy (non-hydrogen) atoms. The van der Waals surface area contributed by atoms with Crippen molar-refractivity contribution in [1.82, 2.24) is 5.43 Å². The lowest BCUT2D eigenvalue weighted by Gasteiger charge is -2.35. The van der Waals surface area contributed by atoms with Gasteiger partial charge in [0.15, 0.2) is 0 Å². The number of hydrazine groups is 1. The number of hydrogen-bond acceptors (Lipinski definition) is 6. The molecule has 0 aromatic heterocycles. The second-order valence-electron chi connectivity index (χ2n) is 8.60. The van der Waals surface area contributed by atoms with Gasteiger partial charge in [0.05, 0.1) is 20.8 Å². The van der Waals surface area contributed by atoms with Gasteiger partial charge in [-0.2, -0.15) is 0 Å². The number of amides is 1. The third-order valence-corrected chi connectivity index (χ3v) is 6.39. The molecule has 0 heterocycles. The van der Waals surface area contributed by atoms with E-state index >= 15 is 0 Å². The first kappa shape index (κ1) is 27.0. The molecule has 0 aliphatic carbocycles. The summed E-state index contributed by atoms with van der Waals surface area (Å²) >= 11 is 0. The molecule has 3 N–H and O–H groups in total. The average Bonchev–Trinajstić information content (AvgIpc) is 2.92. The van der Waals surface area contributed by atoms with Crippen LogP contribution in [0.3, 0.4) is 0 Å². The molecule has 0 fully saturated rings. The Balaban J connectivity index is 1.95. The van der Waals surface area contributed by atoms with Gasteiger partial charge in [-0.3, -0.25) is 5.43 Å². The molecule has 1 unspecified atom stereocenters. The second-order valence-corrected chi connectivity index (χ2v) is 8.60. The Morgan fingerprint density at radius 1 is 0.833 bits per heavy atom. The summed E-state index contributed by atoms with van der Waals surface area (Å²) < 4.78 is 22.4. The van der Waals surface area contributed by atoms with E-state index < -0.39 is 11.7 Å². The minimum atomic E-state index is -0.815. The van der Waals surface area contributed by atoms with Gasteiger partial charge in [0, 0.05) is 7.11 Å². The molecule has 0 spiro atoms. The fourth-order valence-corrected chi connectivity index (χ4v) is 4.46. The Morgan fingerprint density at radius 2 is 1.47 bits per heavy atom. The summed E-state index contributed by atoms with van der Waals surface area (Å²) in [6, 6.07) is 22.7. The fourth-order valence-electron chi connectivity index (χ4n) is 4.46. The molecule has 1 amide bonds. The number of hydrogen-bond donors (Lipinski definition) is 2. The highest BCUT2D eigenvalue weighted by Crippen LogP contribution is 2.42. The Bertz CT molecular complexity index is 1120. The molecule has 1 atom stereocenters. The van der Waals surface area contributed by atoms with Crippen molar-refractivity contribution in [3.63, 3.8) is 0 Å². The monoisotopic (exact) mass is 492 g/mol. The maximum atomic E-state index is 11.1. The van der Waals surface area contributed by atoms with Crippen LogP contribution in [0, 0.1) is 6.92 Å². The summed E-state index contributed by atoms with van der Waals surface area (Å²) in [5.41, 5.74) is 6.47. The first-order valence-corrected chi connectivity index (χ1v) is 12.1. The molecule has 0 aliphatic rings. The number of methoxy groups -OCH3 is 3. The number of benzene rings is 3. The van der Waals surface area contributed by atoms with Gasteiger partial charge >= 0.3 is 6.09 Å². The molecule has 7 heteroatoms. The van der Waals surface area contributed by atoms with Gasteiger partial charge in [0.25, 0.3) is 0 Å². The molecular formula is C29H36N2O5. The number of carbonyl (C=O) groups is 1. The summed E-state index contributed by atoms with van der Waals surface area (Å²) in [4.78, 5) is 11.1. The highest BCUT2D eigenvalue weighted by atomic mass is 16.5. The second kappa shape index (κ2) is 13.0. The predicted octanol–water partition coefficient (Wildman–Crippen LogP) is 5.26. The van der Waals surface area contributed by atoms with Gasteiger partial charge in [0.2, 0.25) is 0 Å². The zero-order valence-corrected chi connectivity index (χ0v) is 21.5. The smallest absolute Gasteiger partial charge is 0.421 e. The van der Waals surface area contributed by atoms with Crippen LogP contribution in [0.25, 0.3) is 0 Å². The molecular weight excluding hydrogens is 456 g/mol. The van der Waals surface area contributed by atoms with Crippen molar-refractivity contribution in [2.75, 3.05) is 27.9 Å². The summed E-state index contributed by atoms with van der Waals surface area (Å²) in [5, 5.41) is 0. The van der Waals surface area contributed by atoms with Gasteiger partial charge in [-0.1, -0.05) is 48.0 Å². The average molecular weight is 493 g/mol. The van der Waals surface area contributed by atoms with E-state index in [9.17, 15) is 4.79 Å². The maximum Gasteiger partial charge on any atom is 0.421 e. The van der Waals surface area contributed by atoms with Crippen LogP contribution in [0.5, 0.6) is 11.5 Å². The van der Waals surface area contributed by atoms with Crippen molar-refractivity contribution < 1.29 is 23.7 Å². The Morgan fingerprint density at radius 3 is 2.06 bits per heavy atom. The number of rotatable bonds is 12. The number of aryl methyl sites for hydroxylation is 2. The first-order chi connectivity index (χ1) is 17.5. The van der Waals surface area contributed by atoms with Crippen molar-refractivity contribution in [2.24, 2.45) is 5.84 Å². The van der Waals surface area contributed by atoms with E-state index in [4.69, 9.17) is 24.8 Å². The van der Waals surface area contributed by atoms with Gasteiger partial charge in [-0.05, 0) is 79.1 Å². The van der Waals surface area contributed by atoms with Crippen LogP contribution in [0.4, 0.5) is 4.79 Å². The summed E-state index contributed by atoms with van der Waals surface area (Å²) in [5.74, 6) is 6.65. The fraction of sp³-hybridized carbons (Fsp3) is 0.345. The minimum Gasteiger partial charge on any atom is -0.497 e. The van der Waals surface area contributed by atoms with E-state index in [0.717, 1.165) is 59.4 Å². The number of ether oxygens (including phenoxy) is 4. The molecule has 3 aromatic carbocycles. The topological polar surface area (TPSA) is 92.0 Å². The Labute approximate surface area is 213 Å². The molecule has 0 saturated carbocycles. The largest absolute Gasteiger partial charge is 0.497 e. The minimum absolute atomic E-state index is 0.331. The van der Waals surface area contributed by atoms with Crippen molar-refractivity contribution in [3.8, 4) is 11.5 Å². The molecule has 192 valence electrons. The lowest BCUT2D eigenvalue weighted by atomic mass is 9.79. The van der Waals surface area contributed by atoms with Crippen molar-refractivity contribution in [1.29, 1.82) is 0 Å². The zero-order valence-electron chi connectivity index (χ0n) is 21.5. The van der Waals surface area contributed by atoms with Crippen LogP contribution in [0.15, 0.2) is 66.7 Å². The standard InChI is InChI=1S/C29H36N2O5/c1-21-9-11-23(12-10-21)29(35-4,24-13-16-26(33-2)17-14-24)25-15-18-27(34-3)22(20-25)8-6-5-7-19-36-28(32)31-30/h9-18,20H,5-8,19,30H2,1-4H3,(H,31,32). The quantitative estimate of drug-likeness (QED) is 0.118. The molecule has 0 bridgehead atoms. The molecule has 0 aliphatic heterocycles. The molecule has 7 nitrogen and oxygen atoms in total. The summed E-state index contributed by atoms with van der Waals surface area (Å²) in [6.07, 6.45) is 2.77. The zero-order chi connectivity index (χ0) is 26.0. The van der Waals surface area contributed by atoms with E-state index in [0.29, 0.717) is 6.61 Å². The van der Waals surface area contributed by atoms with Crippen LogP contribution in [-0.4, -0.2) is 34.0 Å². The Kier molecular flexibility index (Phi) is 9.73. The lowest BCUT2D eigenvalue weighted by Crippen LogP contribution is -2.31. The molecule has 0 radical (unpaired) electrons. The van der Waals surface area contributed by atoms with Crippen LogP contribution >= 0.6 is 0 Å². The predicted molar refractivity (Wildman–Crippen MR) is 140 cm³/mol. The third-order valence-electron chi connectivity index (χ3n) is 6.39. The number of unbranched alkanes of at least 4 members (excludes halogenated alkanes) is 2.